The Bertz CT molecular complexity index is 1060. The van der Waals surface area contributed by atoms with E-state index in [0.717, 1.165) is 32.5 Å². The smallest absolute Gasteiger partial charge is 0.243 e. The number of likely N-dealkylation sites (tertiary alicyclic amines) is 1. The van der Waals surface area contributed by atoms with Gasteiger partial charge in [-0.3, -0.25) is 9.69 Å². The number of carbonyl (C=O) groups is 1. The van der Waals surface area contributed by atoms with Gasteiger partial charge in [0.05, 0.1) is 10.9 Å². The molecule has 1 atom stereocenters. The Morgan fingerprint density at radius 1 is 0.882 bits per heavy atom. The van der Waals surface area contributed by atoms with Crippen molar-refractivity contribution in [3.8, 4) is 0 Å². The predicted molar refractivity (Wildman–Crippen MR) is 135 cm³/mol. The van der Waals surface area contributed by atoms with Crippen molar-refractivity contribution in [1.29, 1.82) is 0 Å². The normalized spacial score (nSPS) is 18.6. The van der Waals surface area contributed by atoms with Gasteiger partial charge in [0.25, 0.3) is 0 Å². The molecule has 8 heteroatoms. The van der Waals surface area contributed by atoms with Gasteiger partial charge in [-0.2, -0.15) is 4.31 Å². The number of piperidine rings is 1. The number of nitrogens with one attached hydrogen (secondary N) is 2. The lowest BCUT2D eigenvalue weighted by molar-refractivity contribution is -0.117. The zero-order chi connectivity index (χ0) is 24.0. The average Bonchev–Trinajstić information content (AvgIpc) is 3.40. The van der Waals surface area contributed by atoms with E-state index in [1.807, 2.05) is 13.0 Å². The van der Waals surface area contributed by atoms with Crippen molar-refractivity contribution < 1.29 is 13.2 Å². The first kappa shape index (κ1) is 24.9. The molecule has 1 unspecified atom stereocenters. The van der Waals surface area contributed by atoms with Crippen LogP contribution >= 0.6 is 0 Å². The van der Waals surface area contributed by atoms with Gasteiger partial charge in [-0.15, -0.1) is 0 Å². The largest absolute Gasteiger partial charge is 0.325 e. The second kappa shape index (κ2) is 11.4. The van der Waals surface area contributed by atoms with E-state index >= 15 is 0 Å². The molecule has 2 saturated heterocycles. The Balaban J connectivity index is 1.30. The molecule has 2 heterocycles. The topological polar surface area (TPSA) is 81.8 Å². The standard InChI is InChI=1S/C26H36N4O3S/c1-21(27-19-22-9-3-4-10-23(22)20-29-15-5-2-6-16-29)26(31)28-24-11-13-25(14-12-24)34(32,33)30-17-7-8-18-30/h3-4,9-14,21,27H,2,5-8,15-20H2,1H3,(H,28,31). The molecule has 0 saturated carbocycles. The van der Waals surface area contributed by atoms with Gasteiger partial charge in [0, 0.05) is 31.9 Å². The Kier molecular flexibility index (Phi) is 8.37. The summed E-state index contributed by atoms with van der Waals surface area (Å²) in [6.07, 6.45) is 5.66. The number of sulfonamides is 1. The second-order valence-corrected chi connectivity index (χ2v) is 11.3. The molecule has 2 aliphatic rings. The van der Waals surface area contributed by atoms with Crippen LogP contribution in [0.25, 0.3) is 0 Å². The second-order valence-electron chi connectivity index (χ2n) is 9.33. The van der Waals surface area contributed by atoms with Crippen LogP contribution < -0.4 is 10.6 Å². The van der Waals surface area contributed by atoms with Gasteiger partial charge in [-0.05, 0) is 81.1 Å². The Labute approximate surface area is 203 Å². The highest BCUT2D eigenvalue weighted by molar-refractivity contribution is 7.89. The number of hydrogen-bond acceptors (Lipinski definition) is 5. The summed E-state index contributed by atoms with van der Waals surface area (Å²) in [4.78, 5) is 15.5. The van der Waals surface area contributed by atoms with Crippen LogP contribution in [0.1, 0.15) is 50.2 Å². The van der Waals surface area contributed by atoms with E-state index in [1.165, 1.54) is 34.7 Å². The maximum Gasteiger partial charge on any atom is 0.243 e. The quantitative estimate of drug-likeness (QED) is 0.569. The molecule has 34 heavy (non-hydrogen) atoms. The van der Waals surface area contributed by atoms with Crippen LogP contribution in [-0.2, 0) is 27.9 Å². The molecule has 2 aliphatic heterocycles. The van der Waals surface area contributed by atoms with Crippen LogP contribution in [0.3, 0.4) is 0 Å². The molecule has 2 N–H and O–H groups in total. The summed E-state index contributed by atoms with van der Waals surface area (Å²) < 4.78 is 26.9. The molecule has 2 aromatic carbocycles. The minimum atomic E-state index is -3.45. The molecule has 0 radical (unpaired) electrons. The van der Waals surface area contributed by atoms with Crippen LogP contribution in [0, 0.1) is 0 Å². The van der Waals surface area contributed by atoms with Crippen molar-refractivity contribution in [2.45, 2.75) is 63.1 Å². The van der Waals surface area contributed by atoms with Crippen LogP contribution in [0.2, 0.25) is 0 Å². The summed E-state index contributed by atoms with van der Waals surface area (Å²) in [6.45, 7) is 6.86. The lowest BCUT2D eigenvalue weighted by atomic mass is 10.0. The highest BCUT2D eigenvalue weighted by Crippen LogP contribution is 2.22. The van der Waals surface area contributed by atoms with Crippen LogP contribution in [-0.4, -0.2) is 55.8 Å². The van der Waals surface area contributed by atoms with Crippen molar-refractivity contribution in [2.75, 3.05) is 31.5 Å². The van der Waals surface area contributed by atoms with Crippen molar-refractivity contribution in [3.05, 3.63) is 59.7 Å². The van der Waals surface area contributed by atoms with Crippen molar-refractivity contribution in [3.63, 3.8) is 0 Å². The minimum Gasteiger partial charge on any atom is -0.325 e. The summed E-state index contributed by atoms with van der Waals surface area (Å²) in [6, 6.07) is 14.5. The fraction of sp³-hybridized carbons (Fsp3) is 0.500. The van der Waals surface area contributed by atoms with Gasteiger partial charge in [0.2, 0.25) is 15.9 Å². The first-order valence-corrected chi connectivity index (χ1v) is 13.8. The number of carbonyl (C=O) groups excluding carboxylic acids is 1. The summed E-state index contributed by atoms with van der Waals surface area (Å²) in [5.41, 5.74) is 3.10. The number of benzene rings is 2. The third kappa shape index (κ3) is 6.24. The highest BCUT2D eigenvalue weighted by Gasteiger charge is 2.27. The molecule has 0 bridgehead atoms. The van der Waals surface area contributed by atoms with E-state index in [4.69, 9.17) is 0 Å². The van der Waals surface area contributed by atoms with Gasteiger partial charge >= 0.3 is 0 Å². The molecule has 2 aromatic rings. The van der Waals surface area contributed by atoms with Crippen LogP contribution in [0.15, 0.2) is 53.4 Å². The number of rotatable bonds is 9. The third-order valence-corrected chi connectivity index (χ3v) is 8.69. The summed E-state index contributed by atoms with van der Waals surface area (Å²) in [7, 11) is -3.45. The van der Waals surface area contributed by atoms with Gasteiger partial charge < -0.3 is 10.6 Å². The van der Waals surface area contributed by atoms with E-state index in [2.05, 4.69) is 33.7 Å². The van der Waals surface area contributed by atoms with Gasteiger partial charge in [0.1, 0.15) is 0 Å². The monoisotopic (exact) mass is 484 g/mol. The number of hydrogen-bond donors (Lipinski definition) is 2. The van der Waals surface area contributed by atoms with Crippen LogP contribution in [0.4, 0.5) is 5.69 Å². The zero-order valence-electron chi connectivity index (χ0n) is 20.0. The number of nitrogens with zero attached hydrogens (tertiary/aromatic N) is 2. The molecule has 0 aromatic heterocycles. The lowest BCUT2D eigenvalue weighted by Gasteiger charge is -2.27. The van der Waals surface area contributed by atoms with Crippen LogP contribution in [0.5, 0.6) is 0 Å². The zero-order valence-corrected chi connectivity index (χ0v) is 20.8. The highest BCUT2D eigenvalue weighted by atomic mass is 32.2. The SMILES string of the molecule is CC(NCc1ccccc1CN1CCCCC1)C(=O)Nc1ccc(S(=O)(=O)N2CCCC2)cc1. The first-order chi connectivity index (χ1) is 16.4. The van der Waals surface area contributed by atoms with E-state index in [1.54, 1.807) is 24.3 Å². The minimum absolute atomic E-state index is 0.149. The molecule has 2 fully saturated rings. The van der Waals surface area contributed by atoms with Gasteiger partial charge in [-0.25, -0.2) is 8.42 Å². The Hall–Kier alpha value is -2.26. The summed E-state index contributed by atoms with van der Waals surface area (Å²) in [5, 5.41) is 6.22. The molecular weight excluding hydrogens is 448 g/mol. The Morgan fingerprint density at radius 3 is 2.18 bits per heavy atom. The lowest BCUT2D eigenvalue weighted by Crippen LogP contribution is -2.38. The molecule has 4 rings (SSSR count). The van der Waals surface area contributed by atoms with E-state index in [0.29, 0.717) is 25.3 Å². The van der Waals surface area contributed by atoms with E-state index in [9.17, 15) is 13.2 Å². The molecule has 1 amide bonds. The number of amides is 1. The molecular formula is C26H36N4O3S. The Morgan fingerprint density at radius 2 is 1.50 bits per heavy atom. The predicted octanol–water partition coefficient (Wildman–Crippen LogP) is 3.57. The third-order valence-electron chi connectivity index (χ3n) is 6.78. The molecule has 0 spiro atoms. The summed E-state index contributed by atoms with van der Waals surface area (Å²) >= 11 is 0. The van der Waals surface area contributed by atoms with Gasteiger partial charge in [-0.1, -0.05) is 30.7 Å². The van der Waals surface area contributed by atoms with Crippen molar-refractivity contribution in [2.24, 2.45) is 0 Å². The molecule has 184 valence electrons. The van der Waals surface area contributed by atoms with Crippen molar-refractivity contribution in [1.82, 2.24) is 14.5 Å². The van der Waals surface area contributed by atoms with Crippen molar-refractivity contribution >= 4 is 21.6 Å². The average molecular weight is 485 g/mol. The fourth-order valence-corrected chi connectivity index (χ4v) is 6.15. The van der Waals surface area contributed by atoms with E-state index in [-0.39, 0.29) is 10.8 Å². The molecule has 0 aliphatic carbocycles. The van der Waals surface area contributed by atoms with E-state index < -0.39 is 16.1 Å². The summed E-state index contributed by atoms with van der Waals surface area (Å²) in [5.74, 6) is -0.149. The van der Waals surface area contributed by atoms with Gasteiger partial charge in [0.15, 0.2) is 0 Å². The first-order valence-electron chi connectivity index (χ1n) is 12.4. The number of anilines is 1. The maximum atomic E-state index is 12.7. The maximum absolute atomic E-state index is 12.7. The fourth-order valence-electron chi connectivity index (χ4n) is 4.64. The molecule has 7 nitrogen and oxygen atoms in total.